The number of hydrogen-bond donors (Lipinski definition) is 1. The van der Waals surface area contributed by atoms with Gasteiger partial charge in [-0.3, -0.25) is 14.4 Å². The van der Waals surface area contributed by atoms with Crippen molar-refractivity contribution in [2.24, 2.45) is 7.05 Å². The first-order chi connectivity index (χ1) is 14.7. The summed E-state index contributed by atoms with van der Waals surface area (Å²) >= 11 is 0.788. The average molecular weight is 446 g/mol. The molecule has 1 N–H and O–H groups in total. The highest BCUT2D eigenvalue weighted by Crippen LogP contribution is 2.31. The second-order valence-electron chi connectivity index (χ2n) is 6.66. The number of carbonyl (C=O) groups excluding carboxylic acids is 3. The molecule has 1 amide bonds. The lowest BCUT2D eigenvalue weighted by Gasteiger charge is -2.18. The molecular weight excluding hydrogens is 433 g/mol. The van der Waals surface area contributed by atoms with E-state index in [0.717, 1.165) is 23.4 Å². The Hall–Kier alpha value is -3.47. The third-order valence-corrected chi connectivity index (χ3v) is 5.65. The van der Waals surface area contributed by atoms with Crippen LogP contribution in [0.25, 0.3) is 0 Å². The van der Waals surface area contributed by atoms with Crippen molar-refractivity contribution in [1.29, 1.82) is 0 Å². The minimum atomic E-state index is -4.64. The van der Waals surface area contributed by atoms with Crippen molar-refractivity contribution in [3.05, 3.63) is 70.5 Å². The van der Waals surface area contributed by atoms with Gasteiger partial charge in [0.15, 0.2) is 16.7 Å². The van der Waals surface area contributed by atoms with E-state index >= 15 is 0 Å². The van der Waals surface area contributed by atoms with Gasteiger partial charge in [0.25, 0.3) is 0 Å². The highest BCUT2D eigenvalue weighted by molar-refractivity contribution is 7.99. The number of halogens is 3. The summed E-state index contributed by atoms with van der Waals surface area (Å²) in [6.07, 6.45) is -4.64. The predicted molar refractivity (Wildman–Crippen MR) is 105 cm³/mol. The number of amides is 1. The number of alkyl halides is 3. The average Bonchev–Trinajstić information content (AvgIpc) is 3.11. The molecule has 1 aromatic heterocycles. The molecule has 0 aliphatic heterocycles. The van der Waals surface area contributed by atoms with Crippen LogP contribution >= 0.6 is 11.8 Å². The van der Waals surface area contributed by atoms with Crippen LogP contribution < -0.4 is 5.32 Å². The van der Waals surface area contributed by atoms with Crippen molar-refractivity contribution in [2.45, 2.75) is 11.3 Å². The van der Waals surface area contributed by atoms with Gasteiger partial charge in [0.2, 0.25) is 11.7 Å². The maximum Gasteiger partial charge on any atom is 0.451 e. The Morgan fingerprint density at radius 3 is 2.23 bits per heavy atom. The Morgan fingerprint density at radius 2 is 1.61 bits per heavy atom. The van der Waals surface area contributed by atoms with Gasteiger partial charge in [0.1, 0.15) is 0 Å². The Bertz CT molecular complexity index is 1240. The SMILES string of the molecule is Cn1c(SCC(=O)Nc2ccc3c(c2)C(=O)c2ccccc2C3=O)nnc1C(F)(F)F. The molecular formula is C20H13F3N4O3S. The number of anilines is 1. The van der Waals surface area contributed by atoms with Gasteiger partial charge in [-0.25, -0.2) is 0 Å². The molecule has 3 aromatic rings. The normalized spacial score (nSPS) is 13.0. The van der Waals surface area contributed by atoms with Gasteiger partial charge < -0.3 is 9.88 Å². The van der Waals surface area contributed by atoms with Crippen LogP contribution in [0.2, 0.25) is 0 Å². The van der Waals surface area contributed by atoms with Crippen molar-refractivity contribution in [1.82, 2.24) is 14.8 Å². The summed E-state index contributed by atoms with van der Waals surface area (Å²) in [4.78, 5) is 37.6. The van der Waals surface area contributed by atoms with Crippen molar-refractivity contribution >= 4 is 34.9 Å². The molecule has 1 aliphatic rings. The summed E-state index contributed by atoms with van der Waals surface area (Å²) in [5.74, 6) is -2.50. The Labute approximate surface area is 177 Å². The molecule has 31 heavy (non-hydrogen) atoms. The van der Waals surface area contributed by atoms with E-state index in [1.807, 2.05) is 0 Å². The third kappa shape index (κ3) is 3.83. The van der Waals surface area contributed by atoms with Gasteiger partial charge in [-0.2, -0.15) is 13.2 Å². The van der Waals surface area contributed by atoms with Gasteiger partial charge in [-0.1, -0.05) is 36.0 Å². The Balaban J connectivity index is 1.47. The number of thioether (sulfide) groups is 1. The zero-order valence-corrected chi connectivity index (χ0v) is 16.7. The number of nitrogens with one attached hydrogen (secondary N) is 1. The molecule has 0 fully saturated rings. The second kappa shape index (κ2) is 7.65. The summed E-state index contributed by atoms with van der Waals surface area (Å²) in [6.45, 7) is 0. The van der Waals surface area contributed by atoms with Gasteiger partial charge in [0.05, 0.1) is 5.75 Å². The van der Waals surface area contributed by atoms with E-state index < -0.39 is 17.9 Å². The van der Waals surface area contributed by atoms with Crippen LogP contribution in [0.1, 0.15) is 37.7 Å². The van der Waals surface area contributed by atoms with E-state index in [4.69, 9.17) is 0 Å². The van der Waals surface area contributed by atoms with E-state index in [1.165, 1.54) is 18.2 Å². The first-order valence-electron chi connectivity index (χ1n) is 8.88. The van der Waals surface area contributed by atoms with E-state index in [0.29, 0.717) is 16.8 Å². The quantitative estimate of drug-likeness (QED) is 0.484. The van der Waals surface area contributed by atoms with Crippen LogP contribution in [0, 0.1) is 0 Å². The molecule has 0 unspecified atom stereocenters. The van der Waals surface area contributed by atoms with Crippen molar-refractivity contribution < 1.29 is 27.6 Å². The molecule has 1 heterocycles. The fourth-order valence-electron chi connectivity index (χ4n) is 3.19. The summed E-state index contributed by atoms with van der Waals surface area (Å²) in [5, 5.41) is 9.06. The molecule has 4 rings (SSSR count). The molecule has 7 nitrogen and oxygen atoms in total. The minimum Gasteiger partial charge on any atom is -0.325 e. The van der Waals surface area contributed by atoms with Crippen LogP contribution in [-0.2, 0) is 18.0 Å². The van der Waals surface area contributed by atoms with Gasteiger partial charge >= 0.3 is 6.18 Å². The lowest BCUT2D eigenvalue weighted by molar-refractivity contribution is -0.147. The van der Waals surface area contributed by atoms with Crippen molar-refractivity contribution in [2.75, 3.05) is 11.1 Å². The number of aromatic nitrogens is 3. The monoisotopic (exact) mass is 446 g/mol. The number of fused-ring (bicyclic) bond motifs is 2. The maximum atomic E-state index is 12.8. The largest absolute Gasteiger partial charge is 0.451 e. The molecule has 0 atom stereocenters. The Kier molecular flexibility index (Phi) is 5.13. The molecule has 158 valence electrons. The first-order valence-corrected chi connectivity index (χ1v) is 9.87. The van der Waals surface area contributed by atoms with E-state index in [1.54, 1.807) is 24.3 Å². The molecule has 0 saturated heterocycles. The van der Waals surface area contributed by atoms with Crippen molar-refractivity contribution in [3.63, 3.8) is 0 Å². The van der Waals surface area contributed by atoms with Gasteiger partial charge in [-0.15, -0.1) is 10.2 Å². The van der Waals surface area contributed by atoms with Crippen LogP contribution in [-0.4, -0.2) is 38.0 Å². The fourth-order valence-corrected chi connectivity index (χ4v) is 3.90. The lowest BCUT2D eigenvalue weighted by Crippen LogP contribution is -2.21. The smallest absolute Gasteiger partial charge is 0.325 e. The molecule has 1 aliphatic carbocycles. The molecule has 0 bridgehead atoms. The molecule has 2 aromatic carbocycles. The zero-order chi connectivity index (χ0) is 22.3. The number of benzene rings is 2. The number of nitrogens with zero attached hydrogens (tertiary/aromatic N) is 3. The molecule has 0 radical (unpaired) electrons. The number of hydrogen-bond acceptors (Lipinski definition) is 6. The van der Waals surface area contributed by atoms with Crippen LogP contribution in [0.4, 0.5) is 18.9 Å². The van der Waals surface area contributed by atoms with Crippen LogP contribution in [0.15, 0.2) is 47.6 Å². The minimum absolute atomic E-state index is 0.0645. The van der Waals surface area contributed by atoms with Gasteiger partial charge in [0, 0.05) is 35.0 Å². The molecule has 0 saturated carbocycles. The molecule has 11 heteroatoms. The topological polar surface area (TPSA) is 94.0 Å². The Morgan fingerprint density at radius 1 is 1.00 bits per heavy atom. The highest BCUT2D eigenvalue weighted by atomic mass is 32.2. The zero-order valence-electron chi connectivity index (χ0n) is 15.9. The summed E-state index contributed by atoms with van der Waals surface area (Å²) < 4.78 is 39.1. The third-order valence-electron chi connectivity index (χ3n) is 4.63. The lowest BCUT2D eigenvalue weighted by atomic mass is 9.84. The summed E-state index contributed by atoms with van der Waals surface area (Å²) in [5.41, 5.74) is 1.34. The summed E-state index contributed by atoms with van der Waals surface area (Å²) in [7, 11) is 1.16. The number of rotatable bonds is 4. The number of carbonyl (C=O) groups is 3. The van der Waals surface area contributed by atoms with E-state index in [-0.39, 0.29) is 33.6 Å². The standard InChI is InChI=1S/C20H13F3N4O3S/c1-27-18(20(21,22)23)25-26-19(27)31-9-15(28)24-10-6-7-13-14(8-10)17(30)12-5-3-2-4-11(12)16(13)29/h2-8H,9H2,1H3,(H,24,28). The first kappa shape index (κ1) is 20.8. The second-order valence-corrected chi connectivity index (χ2v) is 7.61. The molecule has 0 spiro atoms. The van der Waals surface area contributed by atoms with E-state index in [9.17, 15) is 27.6 Å². The number of ketones is 2. The van der Waals surface area contributed by atoms with E-state index in [2.05, 4.69) is 15.5 Å². The van der Waals surface area contributed by atoms with Crippen LogP contribution in [0.3, 0.4) is 0 Å². The maximum absolute atomic E-state index is 12.8. The van der Waals surface area contributed by atoms with Crippen LogP contribution in [0.5, 0.6) is 0 Å². The summed E-state index contributed by atoms with van der Waals surface area (Å²) in [6, 6.07) is 10.9. The highest BCUT2D eigenvalue weighted by Gasteiger charge is 2.37. The van der Waals surface area contributed by atoms with Gasteiger partial charge in [-0.05, 0) is 18.2 Å². The van der Waals surface area contributed by atoms with Crippen molar-refractivity contribution in [3.8, 4) is 0 Å². The fraction of sp³-hybridized carbons (Fsp3) is 0.150. The predicted octanol–water partition coefficient (Wildman–Crippen LogP) is 3.34.